The second-order valence-corrected chi connectivity index (χ2v) is 5.71. The zero-order chi connectivity index (χ0) is 17.3. The maximum absolute atomic E-state index is 12.3. The third kappa shape index (κ3) is 2.99. The van der Waals surface area contributed by atoms with Crippen LogP contribution in [0.5, 0.6) is 0 Å². The van der Waals surface area contributed by atoms with Gasteiger partial charge < -0.3 is 10.3 Å². The average Bonchev–Trinajstić information content (AvgIpc) is 2.55. The van der Waals surface area contributed by atoms with E-state index >= 15 is 0 Å². The van der Waals surface area contributed by atoms with Crippen molar-refractivity contribution < 1.29 is 4.79 Å². The predicted octanol–water partition coefficient (Wildman–Crippen LogP) is 1.95. The molecule has 1 aromatic heterocycles. The number of anilines is 1. The first-order chi connectivity index (χ1) is 11.5. The van der Waals surface area contributed by atoms with Gasteiger partial charge in [0.05, 0.1) is 11.0 Å². The van der Waals surface area contributed by atoms with Crippen LogP contribution in [-0.2, 0) is 11.3 Å². The summed E-state index contributed by atoms with van der Waals surface area (Å²) in [5, 5.41) is 2.76. The molecule has 0 aliphatic carbocycles. The molecule has 0 unspecified atom stereocenters. The molecule has 1 heterocycles. The van der Waals surface area contributed by atoms with E-state index < -0.39 is 11.1 Å². The number of fused-ring (bicyclic) bond motifs is 1. The van der Waals surface area contributed by atoms with E-state index in [2.05, 4.69) is 10.3 Å². The number of hydrogen-bond donors (Lipinski definition) is 2. The summed E-state index contributed by atoms with van der Waals surface area (Å²) in [5.74, 6) is -0.365. The minimum absolute atomic E-state index is 0.226. The van der Waals surface area contributed by atoms with Gasteiger partial charge in [0.15, 0.2) is 0 Å². The average molecular weight is 323 g/mol. The van der Waals surface area contributed by atoms with E-state index in [0.29, 0.717) is 16.7 Å². The lowest BCUT2D eigenvalue weighted by Gasteiger charge is -2.11. The van der Waals surface area contributed by atoms with Crippen LogP contribution in [0.3, 0.4) is 0 Å². The molecule has 122 valence electrons. The highest BCUT2D eigenvalue weighted by molar-refractivity contribution is 5.91. The Morgan fingerprint density at radius 2 is 1.83 bits per heavy atom. The van der Waals surface area contributed by atoms with Crippen molar-refractivity contribution in [3.05, 3.63) is 74.3 Å². The molecule has 1 amide bonds. The number of carbonyl (C=O) groups is 1. The molecule has 6 nitrogen and oxygen atoms in total. The SMILES string of the molecule is Cc1ccc(NC(=O)Cn2c(=O)c(=O)[nH]c3ccccc32)cc1C. The Hall–Kier alpha value is -3.15. The molecule has 0 bridgehead atoms. The maximum atomic E-state index is 12.3. The molecule has 0 aliphatic rings. The highest BCUT2D eigenvalue weighted by Gasteiger charge is 2.11. The van der Waals surface area contributed by atoms with Gasteiger partial charge in [0.1, 0.15) is 6.54 Å². The van der Waals surface area contributed by atoms with Gasteiger partial charge in [0.2, 0.25) is 5.91 Å². The monoisotopic (exact) mass is 323 g/mol. The van der Waals surface area contributed by atoms with Crippen LogP contribution in [0.2, 0.25) is 0 Å². The fraction of sp³-hybridized carbons (Fsp3) is 0.167. The molecule has 0 fully saturated rings. The van der Waals surface area contributed by atoms with E-state index in [-0.39, 0.29) is 12.5 Å². The Balaban J connectivity index is 1.93. The normalized spacial score (nSPS) is 10.8. The molecule has 0 atom stereocenters. The van der Waals surface area contributed by atoms with E-state index in [9.17, 15) is 14.4 Å². The Morgan fingerprint density at radius 3 is 2.58 bits per heavy atom. The van der Waals surface area contributed by atoms with Gasteiger partial charge in [-0.2, -0.15) is 0 Å². The number of aromatic amines is 1. The Morgan fingerprint density at radius 1 is 1.08 bits per heavy atom. The van der Waals surface area contributed by atoms with Crippen molar-refractivity contribution in [1.29, 1.82) is 0 Å². The topological polar surface area (TPSA) is 84.0 Å². The molecule has 6 heteroatoms. The molecule has 0 aliphatic heterocycles. The van der Waals surface area contributed by atoms with Gasteiger partial charge >= 0.3 is 11.1 Å². The number of aryl methyl sites for hydroxylation is 2. The van der Waals surface area contributed by atoms with Crippen molar-refractivity contribution in [3.8, 4) is 0 Å². The largest absolute Gasteiger partial charge is 0.325 e. The number of benzene rings is 2. The number of para-hydroxylation sites is 2. The van der Waals surface area contributed by atoms with Crippen LogP contribution >= 0.6 is 0 Å². The van der Waals surface area contributed by atoms with Crippen LogP contribution in [-0.4, -0.2) is 15.5 Å². The summed E-state index contributed by atoms with van der Waals surface area (Å²) in [5.41, 5.74) is 2.39. The van der Waals surface area contributed by atoms with Crippen molar-refractivity contribution in [1.82, 2.24) is 9.55 Å². The van der Waals surface area contributed by atoms with E-state index in [4.69, 9.17) is 0 Å². The van der Waals surface area contributed by atoms with Gasteiger partial charge in [-0.1, -0.05) is 18.2 Å². The number of nitrogens with zero attached hydrogens (tertiary/aromatic N) is 1. The van der Waals surface area contributed by atoms with Crippen LogP contribution in [0.25, 0.3) is 11.0 Å². The smallest absolute Gasteiger partial charge is 0.317 e. The van der Waals surface area contributed by atoms with Gasteiger partial charge in [0, 0.05) is 5.69 Å². The van der Waals surface area contributed by atoms with Crippen molar-refractivity contribution in [2.24, 2.45) is 0 Å². The van der Waals surface area contributed by atoms with Crippen LogP contribution in [0.1, 0.15) is 11.1 Å². The van der Waals surface area contributed by atoms with Crippen LogP contribution in [0.4, 0.5) is 5.69 Å². The highest BCUT2D eigenvalue weighted by atomic mass is 16.2. The van der Waals surface area contributed by atoms with E-state index in [1.165, 1.54) is 4.57 Å². The molecule has 0 saturated carbocycles. The summed E-state index contributed by atoms with van der Waals surface area (Å²) in [6.07, 6.45) is 0. The van der Waals surface area contributed by atoms with Crippen molar-refractivity contribution in [2.75, 3.05) is 5.32 Å². The van der Waals surface area contributed by atoms with Gasteiger partial charge in [-0.3, -0.25) is 19.0 Å². The van der Waals surface area contributed by atoms with Crippen molar-refractivity contribution in [2.45, 2.75) is 20.4 Å². The molecule has 3 rings (SSSR count). The zero-order valence-corrected chi connectivity index (χ0v) is 13.4. The lowest BCUT2D eigenvalue weighted by molar-refractivity contribution is -0.116. The highest BCUT2D eigenvalue weighted by Crippen LogP contribution is 2.14. The molecular weight excluding hydrogens is 306 g/mol. The van der Waals surface area contributed by atoms with E-state index in [1.807, 2.05) is 26.0 Å². The number of nitrogens with one attached hydrogen (secondary N) is 2. The third-order valence-electron chi connectivity index (χ3n) is 3.97. The standard InChI is InChI=1S/C18H17N3O3/c1-11-7-8-13(9-12(11)2)19-16(22)10-21-15-6-4-3-5-14(15)20-17(23)18(21)24/h3-9H,10H2,1-2H3,(H,19,22)(H,20,23). The summed E-state index contributed by atoms with van der Waals surface area (Å²) in [6, 6.07) is 12.5. The van der Waals surface area contributed by atoms with E-state index in [1.54, 1.807) is 30.3 Å². The first kappa shape index (κ1) is 15.7. The lowest BCUT2D eigenvalue weighted by atomic mass is 10.1. The first-order valence-electron chi connectivity index (χ1n) is 7.54. The maximum Gasteiger partial charge on any atom is 0.317 e. The molecule has 2 N–H and O–H groups in total. The number of aromatic nitrogens is 2. The quantitative estimate of drug-likeness (QED) is 0.723. The Labute approximate surface area is 137 Å². The molecule has 3 aromatic rings. The Bertz CT molecular complexity index is 1050. The number of rotatable bonds is 3. The molecule has 0 saturated heterocycles. The number of hydrogen-bond acceptors (Lipinski definition) is 3. The fourth-order valence-electron chi connectivity index (χ4n) is 2.54. The lowest BCUT2D eigenvalue weighted by Crippen LogP contribution is -2.38. The van der Waals surface area contributed by atoms with Gasteiger partial charge in [0.25, 0.3) is 0 Å². The third-order valence-corrected chi connectivity index (χ3v) is 3.97. The minimum atomic E-state index is -0.746. The number of amides is 1. The van der Waals surface area contributed by atoms with Gasteiger partial charge in [-0.15, -0.1) is 0 Å². The number of H-pyrrole nitrogens is 1. The fourth-order valence-corrected chi connectivity index (χ4v) is 2.54. The second kappa shape index (κ2) is 6.16. The zero-order valence-electron chi connectivity index (χ0n) is 13.4. The molecule has 2 aromatic carbocycles. The van der Waals surface area contributed by atoms with Gasteiger partial charge in [-0.25, -0.2) is 0 Å². The predicted molar refractivity (Wildman–Crippen MR) is 93.4 cm³/mol. The van der Waals surface area contributed by atoms with Crippen LogP contribution < -0.4 is 16.4 Å². The second-order valence-electron chi connectivity index (χ2n) is 5.71. The molecular formula is C18H17N3O3. The summed E-state index contributed by atoms with van der Waals surface area (Å²) >= 11 is 0. The summed E-state index contributed by atoms with van der Waals surface area (Å²) in [4.78, 5) is 38.7. The first-order valence-corrected chi connectivity index (χ1v) is 7.54. The van der Waals surface area contributed by atoms with Crippen molar-refractivity contribution >= 4 is 22.6 Å². The van der Waals surface area contributed by atoms with Crippen LogP contribution in [0.15, 0.2) is 52.1 Å². The van der Waals surface area contributed by atoms with Crippen LogP contribution in [0, 0.1) is 13.8 Å². The molecule has 0 radical (unpaired) electrons. The molecule has 0 spiro atoms. The van der Waals surface area contributed by atoms with E-state index in [0.717, 1.165) is 11.1 Å². The summed E-state index contributed by atoms with van der Waals surface area (Å²) in [7, 11) is 0. The van der Waals surface area contributed by atoms with Crippen molar-refractivity contribution in [3.63, 3.8) is 0 Å². The number of carbonyl (C=O) groups excluding carboxylic acids is 1. The summed E-state index contributed by atoms with van der Waals surface area (Å²) in [6.45, 7) is 3.72. The van der Waals surface area contributed by atoms with Gasteiger partial charge in [-0.05, 0) is 49.2 Å². The Kier molecular flexibility index (Phi) is 4.04. The molecule has 24 heavy (non-hydrogen) atoms. The minimum Gasteiger partial charge on any atom is -0.325 e. The summed E-state index contributed by atoms with van der Waals surface area (Å²) < 4.78 is 1.19.